The van der Waals surface area contributed by atoms with Gasteiger partial charge in [0.15, 0.2) is 0 Å². The molecule has 0 saturated carbocycles. The molecule has 8 nitrogen and oxygen atoms in total. The fraction of sp³-hybridized carbons (Fsp3) is 0. The van der Waals surface area contributed by atoms with E-state index in [2.05, 4.69) is 163 Å². The van der Waals surface area contributed by atoms with E-state index >= 15 is 0 Å². The van der Waals surface area contributed by atoms with E-state index in [1.165, 1.54) is 0 Å². The molecule has 0 aliphatic carbocycles. The average molecular weight is 785 g/mol. The van der Waals surface area contributed by atoms with Crippen molar-refractivity contribution in [3.8, 4) is 28.5 Å². The van der Waals surface area contributed by atoms with Gasteiger partial charge in [-0.25, -0.2) is 4.98 Å². The maximum atomic E-state index is 5.14. The average Bonchev–Trinajstić information content (AvgIpc) is 3.66. The highest BCUT2D eigenvalue weighted by molar-refractivity contribution is 6.11. The molecule has 0 spiro atoms. The van der Waals surface area contributed by atoms with Crippen molar-refractivity contribution in [2.24, 2.45) is 0 Å². The van der Waals surface area contributed by atoms with Crippen molar-refractivity contribution < 1.29 is 0 Å². The van der Waals surface area contributed by atoms with Crippen molar-refractivity contribution >= 4 is 67.0 Å². The van der Waals surface area contributed by atoms with Crippen molar-refractivity contribution in [1.29, 1.82) is 0 Å². The van der Waals surface area contributed by atoms with Crippen LogP contribution in [0, 0.1) is 0 Å². The first-order valence-electron chi connectivity index (χ1n) is 20.2. The third kappa shape index (κ3) is 6.68. The topological polar surface area (TPSA) is 75.9 Å². The van der Waals surface area contributed by atoms with Gasteiger partial charge in [-0.05, 0) is 109 Å². The highest BCUT2D eigenvalue weighted by Crippen LogP contribution is 2.43. The number of anilines is 6. The minimum absolute atomic E-state index is 0.486. The molecule has 0 N–H and O–H groups in total. The fourth-order valence-electron chi connectivity index (χ4n) is 8.18. The van der Waals surface area contributed by atoms with Gasteiger partial charge in [-0.3, -0.25) is 14.5 Å². The molecule has 0 amide bonds. The van der Waals surface area contributed by atoms with Gasteiger partial charge < -0.3 is 9.80 Å². The molecule has 0 saturated heterocycles. The molecule has 288 valence electrons. The number of pyridine rings is 2. The van der Waals surface area contributed by atoms with E-state index < -0.39 is 0 Å². The van der Waals surface area contributed by atoms with Crippen LogP contribution in [0.1, 0.15) is 0 Å². The molecule has 61 heavy (non-hydrogen) atoms. The highest BCUT2D eigenvalue weighted by atomic mass is 15.3. The molecule has 0 atom stereocenters. The molecule has 11 rings (SSSR count). The Labute approximate surface area is 352 Å². The van der Waals surface area contributed by atoms with E-state index in [4.69, 9.17) is 10.1 Å². The van der Waals surface area contributed by atoms with Gasteiger partial charge in [0, 0.05) is 68.4 Å². The summed E-state index contributed by atoms with van der Waals surface area (Å²) in [6.07, 6.45) is 3.66. The summed E-state index contributed by atoms with van der Waals surface area (Å²) in [5, 5.41) is 11.6. The number of rotatable bonds is 9. The lowest BCUT2D eigenvalue weighted by atomic mass is 10.1. The highest BCUT2D eigenvalue weighted by Gasteiger charge is 2.22. The Morgan fingerprint density at radius 3 is 1.31 bits per heavy atom. The Morgan fingerprint density at radius 2 is 0.803 bits per heavy atom. The molecular formula is C53H36N8. The number of hydrogen-bond donors (Lipinski definition) is 0. The second kappa shape index (κ2) is 15.4. The largest absolute Gasteiger partial charge is 0.310 e. The SMILES string of the molecule is c1ccc(N(c2cccc(-c3ccccn3)c2)c2ccc3c4ccc(N(c5ccccc5)c5cccc(-c6ccccn6)c5)cc4n(-c4nnc5ccccc5n4)c3c2)cc1. The van der Waals surface area contributed by atoms with Gasteiger partial charge >= 0.3 is 0 Å². The first-order valence-corrected chi connectivity index (χ1v) is 20.2. The first-order chi connectivity index (χ1) is 30.2. The zero-order chi connectivity index (χ0) is 40.5. The second-order valence-electron chi connectivity index (χ2n) is 14.7. The number of fused-ring (bicyclic) bond motifs is 4. The Kier molecular flexibility index (Phi) is 8.98. The zero-order valence-corrected chi connectivity index (χ0v) is 32.9. The van der Waals surface area contributed by atoms with Crippen LogP contribution >= 0.6 is 0 Å². The van der Waals surface area contributed by atoms with E-state index in [1.807, 2.05) is 85.2 Å². The van der Waals surface area contributed by atoms with Crippen molar-refractivity contribution in [3.05, 3.63) is 219 Å². The molecule has 0 aliphatic rings. The summed E-state index contributed by atoms with van der Waals surface area (Å²) in [7, 11) is 0. The van der Waals surface area contributed by atoms with Gasteiger partial charge in [-0.1, -0.05) is 97.1 Å². The van der Waals surface area contributed by atoms with Gasteiger partial charge in [0.2, 0.25) is 0 Å². The molecule has 0 fully saturated rings. The normalized spacial score (nSPS) is 11.3. The van der Waals surface area contributed by atoms with E-state index in [0.29, 0.717) is 5.95 Å². The van der Waals surface area contributed by atoms with Gasteiger partial charge in [0.1, 0.15) is 5.52 Å². The van der Waals surface area contributed by atoms with Crippen LogP contribution in [0.4, 0.5) is 34.1 Å². The number of hydrogen-bond acceptors (Lipinski definition) is 7. The lowest BCUT2D eigenvalue weighted by Crippen LogP contribution is -2.11. The minimum Gasteiger partial charge on any atom is -0.310 e. The predicted octanol–water partition coefficient (Wildman–Crippen LogP) is 13.2. The van der Waals surface area contributed by atoms with E-state index in [0.717, 1.165) is 89.5 Å². The van der Waals surface area contributed by atoms with Crippen LogP contribution in [-0.4, -0.2) is 29.7 Å². The maximum absolute atomic E-state index is 5.14. The fourth-order valence-corrected chi connectivity index (χ4v) is 8.18. The lowest BCUT2D eigenvalue weighted by molar-refractivity contribution is 0.922. The van der Waals surface area contributed by atoms with Crippen LogP contribution in [-0.2, 0) is 0 Å². The van der Waals surface area contributed by atoms with Crippen molar-refractivity contribution in [3.63, 3.8) is 0 Å². The van der Waals surface area contributed by atoms with Crippen molar-refractivity contribution in [1.82, 2.24) is 29.7 Å². The standard InChI is InChI=1S/C53H36N8/c1-3-17-39(18-4-1)59(41-21-13-15-37(33-41)47-23-9-11-31-54-47)43-27-29-45-46-30-28-44(36-52(46)61(51(45)35-43)53-56-49-25-7-8-26-50(49)57-58-53)60(40-19-5-2-6-20-40)42-22-14-16-38(34-42)48-24-10-12-32-55-48/h1-36H. The molecular weight excluding hydrogens is 749 g/mol. The zero-order valence-electron chi connectivity index (χ0n) is 32.9. The number of para-hydroxylation sites is 3. The Balaban J connectivity index is 1.14. The van der Waals surface area contributed by atoms with Gasteiger partial charge in [0.05, 0.1) is 27.9 Å². The molecule has 0 aliphatic heterocycles. The molecule has 8 heteroatoms. The Bertz CT molecular complexity index is 3130. The summed E-state index contributed by atoms with van der Waals surface area (Å²) < 4.78 is 2.15. The number of aromatic nitrogens is 6. The number of benzene rings is 7. The first kappa shape index (κ1) is 35.7. The van der Waals surface area contributed by atoms with E-state index in [9.17, 15) is 0 Å². The molecule has 4 aromatic heterocycles. The summed E-state index contributed by atoms with van der Waals surface area (Å²) in [6, 6.07) is 71.1. The van der Waals surface area contributed by atoms with Gasteiger partial charge in [-0.15, -0.1) is 10.2 Å². The van der Waals surface area contributed by atoms with Crippen LogP contribution in [0.25, 0.3) is 61.3 Å². The second-order valence-corrected chi connectivity index (χ2v) is 14.7. The monoisotopic (exact) mass is 784 g/mol. The third-order valence-electron chi connectivity index (χ3n) is 11.0. The predicted molar refractivity (Wildman–Crippen MR) is 247 cm³/mol. The molecule has 0 bridgehead atoms. The van der Waals surface area contributed by atoms with Crippen LogP contribution < -0.4 is 9.80 Å². The van der Waals surface area contributed by atoms with E-state index in [1.54, 1.807) is 0 Å². The summed E-state index contributed by atoms with van der Waals surface area (Å²) in [5.74, 6) is 0.486. The summed E-state index contributed by atoms with van der Waals surface area (Å²) >= 11 is 0. The molecule has 0 radical (unpaired) electrons. The summed E-state index contributed by atoms with van der Waals surface area (Å²) in [4.78, 5) is 19.0. The Hall–Kier alpha value is -8.49. The van der Waals surface area contributed by atoms with Crippen molar-refractivity contribution in [2.45, 2.75) is 0 Å². The van der Waals surface area contributed by atoms with Gasteiger partial charge in [-0.2, -0.15) is 0 Å². The Morgan fingerprint density at radius 1 is 0.344 bits per heavy atom. The molecule has 4 heterocycles. The lowest BCUT2D eigenvalue weighted by Gasteiger charge is -2.26. The molecule has 11 aromatic rings. The molecule has 0 unspecified atom stereocenters. The van der Waals surface area contributed by atoms with Crippen LogP contribution in [0.5, 0.6) is 0 Å². The van der Waals surface area contributed by atoms with E-state index in [-0.39, 0.29) is 0 Å². The van der Waals surface area contributed by atoms with Crippen molar-refractivity contribution in [2.75, 3.05) is 9.80 Å². The summed E-state index contributed by atoms with van der Waals surface area (Å²) in [6.45, 7) is 0. The minimum atomic E-state index is 0.486. The molecule has 7 aromatic carbocycles. The number of nitrogens with zero attached hydrogens (tertiary/aromatic N) is 8. The maximum Gasteiger partial charge on any atom is 0.255 e. The van der Waals surface area contributed by atoms with Crippen LogP contribution in [0.2, 0.25) is 0 Å². The van der Waals surface area contributed by atoms with Gasteiger partial charge in [0.25, 0.3) is 5.95 Å². The third-order valence-corrected chi connectivity index (χ3v) is 11.0. The van der Waals surface area contributed by atoms with Crippen LogP contribution in [0.15, 0.2) is 219 Å². The smallest absolute Gasteiger partial charge is 0.255 e. The quantitative estimate of drug-likeness (QED) is 0.144. The summed E-state index contributed by atoms with van der Waals surface area (Å²) in [5.41, 5.74) is 13.3. The van der Waals surface area contributed by atoms with Crippen LogP contribution in [0.3, 0.4) is 0 Å².